The molecular formula is C15H18N2O2S. The molecule has 1 unspecified atom stereocenters. The van der Waals surface area contributed by atoms with E-state index in [9.17, 15) is 4.79 Å². The van der Waals surface area contributed by atoms with Gasteiger partial charge in [-0.25, -0.2) is 4.79 Å². The van der Waals surface area contributed by atoms with Gasteiger partial charge in [-0.05, 0) is 24.2 Å². The number of nitrogens with one attached hydrogen (secondary N) is 2. The topological polar surface area (TPSA) is 50.4 Å². The summed E-state index contributed by atoms with van der Waals surface area (Å²) in [5.74, 6) is -0.329. The van der Waals surface area contributed by atoms with Crippen LogP contribution in [0.2, 0.25) is 0 Å². The quantitative estimate of drug-likeness (QED) is 0.659. The Bertz CT molecular complexity index is 540. The van der Waals surface area contributed by atoms with Gasteiger partial charge >= 0.3 is 5.97 Å². The third-order valence-corrected chi connectivity index (χ3v) is 3.41. The van der Waals surface area contributed by atoms with Crippen LogP contribution in [0.15, 0.2) is 41.6 Å². The number of carbonyl (C=O) groups is 1. The number of esters is 1. The Morgan fingerprint density at radius 2 is 2.05 bits per heavy atom. The third kappa shape index (κ3) is 2.99. The van der Waals surface area contributed by atoms with E-state index in [-0.39, 0.29) is 12.0 Å². The first-order valence-corrected chi connectivity index (χ1v) is 7.02. The van der Waals surface area contributed by atoms with Gasteiger partial charge in [0.1, 0.15) is 0 Å². The molecule has 2 N–H and O–H groups in total. The lowest BCUT2D eigenvalue weighted by Gasteiger charge is -2.30. The van der Waals surface area contributed by atoms with Crippen LogP contribution < -0.4 is 10.6 Å². The predicted molar refractivity (Wildman–Crippen MR) is 82.0 cm³/mol. The Hall–Kier alpha value is -1.88. The van der Waals surface area contributed by atoms with Gasteiger partial charge in [0.15, 0.2) is 5.11 Å². The summed E-state index contributed by atoms with van der Waals surface area (Å²) < 4.78 is 4.93. The van der Waals surface area contributed by atoms with Gasteiger partial charge in [-0.2, -0.15) is 0 Å². The van der Waals surface area contributed by atoms with E-state index in [0.29, 0.717) is 10.7 Å². The number of allylic oxidation sites excluding steroid dienone is 1. The van der Waals surface area contributed by atoms with E-state index >= 15 is 0 Å². The number of thiocarbonyl (C=S) groups is 1. The smallest absolute Gasteiger partial charge is 0.337 e. The van der Waals surface area contributed by atoms with Crippen LogP contribution in [0, 0.1) is 0 Å². The molecule has 0 spiro atoms. The van der Waals surface area contributed by atoms with Crippen molar-refractivity contribution in [1.29, 1.82) is 0 Å². The van der Waals surface area contributed by atoms with Crippen LogP contribution in [-0.4, -0.2) is 18.2 Å². The van der Waals surface area contributed by atoms with Gasteiger partial charge in [0, 0.05) is 5.70 Å². The Morgan fingerprint density at radius 1 is 1.35 bits per heavy atom. The molecular weight excluding hydrogens is 272 g/mol. The molecule has 1 atom stereocenters. The summed E-state index contributed by atoms with van der Waals surface area (Å²) in [5, 5.41) is 6.77. The maximum atomic E-state index is 12.1. The molecule has 0 saturated carbocycles. The molecule has 0 radical (unpaired) electrons. The standard InChI is InChI=1S/C15H18N2O2S/c1-3-7-11-12(14(18)19-2)13(17-15(20)16-11)10-8-5-4-6-9-10/h4-6,8-9,13H,3,7H2,1-2H3,(H2,16,17,20). The van der Waals surface area contributed by atoms with E-state index in [1.165, 1.54) is 7.11 Å². The van der Waals surface area contributed by atoms with Crippen LogP contribution in [0.3, 0.4) is 0 Å². The summed E-state index contributed by atoms with van der Waals surface area (Å²) in [5.41, 5.74) is 2.44. The van der Waals surface area contributed by atoms with Crippen molar-refractivity contribution in [1.82, 2.24) is 10.6 Å². The van der Waals surface area contributed by atoms with Gasteiger partial charge in [0.25, 0.3) is 0 Å². The molecule has 1 heterocycles. The average Bonchev–Trinajstić information content (AvgIpc) is 2.47. The Balaban J connectivity index is 2.49. The van der Waals surface area contributed by atoms with E-state index in [4.69, 9.17) is 17.0 Å². The summed E-state index contributed by atoms with van der Waals surface area (Å²) >= 11 is 5.24. The molecule has 106 valence electrons. The molecule has 1 aliphatic heterocycles. The summed E-state index contributed by atoms with van der Waals surface area (Å²) in [6.07, 6.45) is 1.68. The lowest BCUT2D eigenvalue weighted by atomic mass is 9.94. The zero-order valence-electron chi connectivity index (χ0n) is 11.6. The summed E-state index contributed by atoms with van der Waals surface area (Å²) in [4.78, 5) is 12.1. The second-order valence-corrected chi connectivity index (χ2v) is 4.98. The van der Waals surface area contributed by atoms with Gasteiger partial charge in [0.2, 0.25) is 0 Å². The molecule has 0 fully saturated rings. The van der Waals surface area contributed by atoms with Gasteiger partial charge in [-0.15, -0.1) is 0 Å². The zero-order valence-corrected chi connectivity index (χ0v) is 12.4. The van der Waals surface area contributed by atoms with Crippen molar-refractivity contribution in [3.63, 3.8) is 0 Å². The normalized spacial score (nSPS) is 18.3. The fourth-order valence-corrected chi connectivity index (χ4v) is 2.55. The van der Waals surface area contributed by atoms with Crippen LogP contribution >= 0.6 is 12.2 Å². The molecule has 20 heavy (non-hydrogen) atoms. The second-order valence-electron chi connectivity index (χ2n) is 4.58. The van der Waals surface area contributed by atoms with Crippen molar-refractivity contribution in [2.45, 2.75) is 25.8 Å². The first-order chi connectivity index (χ1) is 9.67. The molecule has 1 aliphatic rings. The van der Waals surface area contributed by atoms with Crippen molar-refractivity contribution in [3.8, 4) is 0 Å². The lowest BCUT2D eigenvalue weighted by molar-refractivity contribution is -0.136. The highest BCUT2D eigenvalue weighted by Crippen LogP contribution is 2.29. The summed E-state index contributed by atoms with van der Waals surface area (Å²) in [7, 11) is 1.40. The monoisotopic (exact) mass is 290 g/mol. The van der Waals surface area contributed by atoms with Crippen LogP contribution in [0.5, 0.6) is 0 Å². The largest absolute Gasteiger partial charge is 0.466 e. The van der Waals surface area contributed by atoms with Gasteiger partial charge in [0.05, 0.1) is 18.7 Å². The van der Waals surface area contributed by atoms with Crippen molar-refractivity contribution >= 4 is 23.3 Å². The number of methoxy groups -OCH3 is 1. The number of benzene rings is 1. The highest BCUT2D eigenvalue weighted by Gasteiger charge is 2.31. The van der Waals surface area contributed by atoms with Crippen LogP contribution in [0.25, 0.3) is 0 Å². The fraction of sp³-hybridized carbons (Fsp3) is 0.333. The molecule has 0 saturated heterocycles. The molecule has 0 aromatic heterocycles. The fourth-order valence-electron chi connectivity index (χ4n) is 2.31. The predicted octanol–water partition coefficient (Wildman–Crippen LogP) is 2.43. The highest BCUT2D eigenvalue weighted by molar-refractivity contribution is 7.80. The summed E-state index contributed by atoms with van der Waals surface area (Å²) in [6, 6.07) is 9.50. The molecule has 0 aliphatic carbocycles. The van der Waals surface area contributed by atoms with Crippen molar-refractivity contribution in [3.05, 3.63) is 47.2 Å². The average molecular weight is 290 g/mol. The number of hydrogen-bond acceptors (Lipinski definition) is 3. The van der Waals surface area contributed by atoms with E-state index < -0.39 is 0 Å². The molecule has 0 bridgehead atoms. The van der Waals surface area contributed by atoms with Gasteiger partial charge in [-0.3, -0.25) is 0 Å². The maximum Gasteiger partial charge on any atom is 0.337 e. The minimum absolute atomic E-state index is 0.265. The number of rotatable bonds is 4. The second kappa shape index (κ2) is 6.52. The molecule has 2 rings (SSSR count). The number of hydrogen-bond donors (Lipinski definition) is 2. The molecule has 4 nitrogen and oxygen atoms in total. The first kappa shape index (κ1) is 14.5. The minimum atomic E-state index is -0.329. The van der Waals surface area contributed by atoms with E-state index in [1.807, 2.05) is 30.3 Å². The van der Waals surface area contributed by atoms with E-state index in [2.05, 4.69) is 17.6 Å². The first-order valence-electron chi connectivity index (χ1n) is 6.61. The molecule has 0 amide bonds. The Kier molecular flexibility index (Phi) is 4.74. The minimum Gasteiger partial charge on any atom is -0.466 e. The van der Waals surface area contributed by atoms with Gasteiger partial charge < -0.3 is 15.4 Å². The van der Waals surface area contributed by atoms with E-state index in [0.717, 1.165) is 24.1 Å². The van der Waals surface area contributed by atoms with Crippen molar-refractivity contribution < 1.29 is 9.53 Å². The number of ether oxygens (including phenoxy) is 1. The Morgan fingerprint density at radius 3 is 2.65 bits per heavy atom. The third-order valence-electron chi connectivity index (χ3n) is 3.19. The lowest BCUT2D eigenvalue weighted by Crippen LogP contribution is -2.45. The van der Waals surface area contributed by atoms with Crippen molar-refractivity contribution in [2.24, 2.45) is 0 Å². The SMILES string of the molecule is CCCC1=C(C(=O)OC)C(c2ccccc2)NC(=S)N1. The molecule has 1 aromatic carbocycles. The van der Waals surface area contributed by atoms with Crippen molar-refractivity contribution in [2.75, 3.05) is 7.11 Å². The van der Waals surface area contributed by atoms with Gasteiger partial charge in [-0.1, -0.05) is 43.7 Å². The molecule has 1 aromatic rings. The van der Waals surface area contributed by atoms with Crippen LogP contribution in [0.4, 0.5) is 0 Å². The zero-order chi connectivity index (χ0) is 14.5. The van der Waals surface area contributed by atoms with Crippen LogP contribution in [0.1, 0.15) is 31.4 Å². The Labute approximate surface area is 124 Å². The summed E-state index contributed by atoms with van der Waals surface area (Å²) in [6.45, 7) is 2.06. The maximum absolute atomic E-state index is 12.1. The number of carbonyl (C=O) groups excluding carboxylic acids is 1. The van der Waals surface area contributed by atoms with Crippen LogP contribution in [-0.2, 0) is 9.53 Å². The van der Waals surface area contributed by atoms with E-state index in [1.54, 1.807) is 0 Å². The highest BCUT2D eigenvalue weighted by atomic mass is 32.1. The molecule has 5 heteroatoms.